The predicted octanol–water partition coefficient (Wildman–Crippen LogP) is 2.92. The predicted molar refractivity (Wildman–Crippen MR) is 106 cm³/mol. The number of amides is 2. The van der Waals surface area contributed by atoms with Crippen LogP contribution >= 0.6 is 15.9 Å². The molecule has 2 aliphatic rings. The zero-order valence-corrected chi connectivity index (χ0v) is 16.9. The molecule has 6 nitrogen and oxygen atoms in total. The molecule has 142 valence electrons. The highest BCUT2D eigenvalue weighted by Crippen LogP contribution is 2.44. The van der Waals surface area contributed by atoms with Gasteiger partial charge in [0.25, 0.3) is 5.91 Å². The summed E-state index contributed by atoms with van der Waals surface area (Å²) in [6, 6.07) is 9.30. The van der Waals surface area contributed by atoms with E-state index in [2.05, 4.69) is 26.3 Å². The smallest absolute Gasteiger partial charge is 0.250 e. The van der Waals surface area contributed by atoms with E-state index in [1.807, 2.05) is 43.6 Å². The van der Waals surface area contributed by atoms with Crippen LogP contribution in [-0.2, 0) is 22.1 Å². The Hall–Kier alpha value is -2.15. The van der Waals surface area contributed by atoms with Crippen LogP contribution in [0.25, 0.3) is 0 Å². The highest BCUT2D eigenvalue weighted by molar-refractivity contribution is 9.10. The van der Waals surface area contributed by atoms with Gasteiger partial charge in [-0.25, -0.2) is 0 Å². The molecule has 2 fully saturated rings. The topological polar surface area (TPSA) is 67.2 Å². The highest BCUT2D eigenvalue weighted by Gasteiger charge is 2.47. The first kappa shape index (κ1) is 18.2. The molecule has 1 saturated carbocycles. The molecule has 4 rings (SSSR count). The minimum absolute atomic E-state index is 0.0303. The van der Waals surface area contributed by atoms with E-state index in [0.717, 1.165) is 35.7 Å². The highest BCUT2D eigenvalue weighted by atomic mass is 79.9. The lowest BCUT2D eigenvalue weighted by atomic mass is 9.63. The van der Waals surface area contributed by atoms with Crippen molar-refractivity contribution in [1.29, 1.82) is 0 Å². The first-order valence-electron chi connectivity index (χ1n) is 9.38. The van der Waals surface area contributed by atoms with E-state index in [1.54, 1.807) is 9.58 Å². The zero-order valence-electron chi connectivity index (χ0n) is 15.3. The van der Waals surface area contributed by atoms with Crippen molar-refractivity contribution in [2.24, 2.45) is 7.05 Å². The Kier molecular flexibility index (Phi) is 4.80. The van der Waals surface area contributed by atoms with Crippen LogP contribution in [0.1, 0.15) is 37.7 Å². The van der Waals surface area contributed by atoms with Gasteiger partial charge < -0.3 is 5.32 Å². The maximum absolute atomic E-state index is 13.2. The van der Waals surface area contributed by atoms with Crippen LogP contribution < -0.4 is 10.2 Å². The number of rotatable bonds is 4. The molecule has 1 N–H and O–H groups in total. The second-order valence-corrected chi connectivity index (χ2v) is 8.36. The molecule has 1 aromatic carbocycles. The van der Waals surface area contributed by atoms with E-state index >= 15 is 0 Å². The third-order valence-corrected chi connectivity index (χ3v) is 6.29. The average molecular weight is 431 g/mol. The van der Waals surface area contributed by atoms with Crippen LogP contribution in [0.5, 0.6) is 0 Å². The van der Waals surface area contributed by atoms with Gasteiger partial charge in [0.15, 0.2) is 5.82 Å². The summed E-state index contributed by atoms with van der Waals surface area (Å²) in [5.74, 6) is 0.545. The quantitative estimate of drug-likeness (QED) is 0.810. The molecule has 1 aliphatic carbocycles. The van der Waals surface area contributed by atoms with Crippen LogP contribution in [0.15, 0.2) is 41.0 Å². The largest absolute Gasteiger partial charge is 0.344 e. The summed E-state index contributed by atoms with van der Waals surface area (Å²) in [5, 5.41) is 7.39. The van der Waals surface area contributed by atoms with Gasteiger partial charge in [0.2, 0.25) is 5.91 Å². The molecular formula is C20H23BrN4O2. The molecule has 1 saturated heterocycles. The molecule has 1 unspecified atom stereocenters. The normalized spacial score (nSPS) is 21.6. The van der Waals surface area contributed by atoms with Crippen molar-refractivity contribution in [3.05, 3.63) is 46.6 Å². The van der Waals surface area contributed by atoms with Crippen LogP contribution in [-0.4, -0.2) is 34.2 Å². The number of carbonyl (C=O) groups excluding carboxylic acids is 2. The molecular weight excluding hydrogens is 408 g/mol. The molecule has 2 aromatic rings. The van der Waals surface area contributed by atoms with E-state index in [0.29, 0.717) is 18.8 Å². The minimum atomic E-state index is -0.506. The Labute approximate surface area is 167 Å². The standard InChI is InChI=1S/C20H23BrN4O2/c1-24-13-9-17(23-24)25-12-2-4-16(18(25)26)22-19(27)20(10-3-11-20)14-5-7-15(21)8-6-14/h5-9,13,16H,2-4,10-12H2,1H3,(H,22,27). The monoisotopic (exact) mass is 430 g/mol. The molecule has 2 heterocycles. The lowest BCUT2D eigenvalue weighted by molar-refractivity contribution is -0.134. The summed E-state index contributed by atoms with van der Waals surface area (Å²) < 4.78 is 2.68. The Morgan fingerprint density at radius 1 is 1.22 bits per heavy atom. The molecule has 7 heteroatoms. The number of benzene rings is 1. The van der Waals surface area contributed by atoms with Crippen LogP contribution in [0.2, 0.25) is 0 Å². The number of carbonyl (C=O) groups is 2. The van der Waals surface area contributed by atoms with Gasteiger partial charge in [0, 0.05) is 30.3 Å². The van der Waals surface area contributed by atoms with Gasteiger partial charge in [-0.15, -0.1) is 0 Å². The van der Waals surface area contributed by atoms with Crippen molar-refractivity contribution in [2.75, 3.05) is 11.4 Å². The van der Waals surface area contributed by atoms with E-state index in [9.17, 15) is 9.59 Å². The fourth-order valence-corrected chi connectivity index (χ4v) is 4.29. The van der Waals surface area contributed by atoms with Gasteiger partial charge in [-0.05, 0) is 43.4 Å². The van der Waals surface area contributed by atoms with Gasteiger partial charge in [-0.1, -0.05) is 34.5 Å². The lowest BCUT2D eigenvalue weighted by Crippen LogP contribution is -2.58. The number of hydrogen-bond acceptors (Lipinski definition) is 3. The van der Waals surface area contributed by atoms with Crippen molar-refractivity contribution in [1.82, 2.24) is 15.1 Å². The van der Waals surface area contributed by atoms with Crippen LogP contribution in [0.3, 0.4) is 0 Å². The number of piperidine rings is 1. The molecule has 1 atom stereocenters. The minimum Gasteiger partial charge on any atom is -0.344 e. The average Bonchev–Trinajstić information content (AvgIpc) is 3.03. The maximum Gasteiger partial charge on any atom is 0.250 e. The molecule has 0 spiro atoms. The Balaban J connectivity index is 1.51. The first-order valence-corrected chi connectivity index (χ1v) is 10.2. The third-order valence-electron chi connectivity index (χ3n) is 5.76. The van der Waals surface area contributed by atoms with Crippen LogP contribution in [0.4, 0.5) is 5.82 Å². The fourth-order valence-electron chi connectivity index (χ4n) is 4.03. The molecule has 1 aromatic heterocycles. The summed E-state index contributed by atoms with van der Waals surface area (Å²) >= 11 is 3.45. The van der Waals surface area contributed by atoms with Gasteiger partial charge in [0.1, 0.15) is 6.04 Å². The number of anilines is 1. The maximum atomic E-state index is 13.2. The van der Waals surface area contributed by atoms with E-state index < -0.39 is 11.5 Å². The number of halogens is 1. The molecule has 2 amide bonds. The molecule has 0 bridgehead atoms. The number of nitrogens with zero attached hydrogens (tertiary/aromatic N) is 3. The van der Waals surface area contributed by atoms with E-state index in [1.165, 1.54) is 0 Å². The van der Waals surface area contributed by atoms with Crippen LogP contribution in [0, 0.1) is 0 Å². The zero-order chi connectivity index (χ0) is 19.0. The summed E-state index contributed by atoms with van der Waals surface area (Å²) in [4.78, 5) is 27.8. The van der Waals surface area contributed by atoms with Crippen molar-refractivity contribution < 1.29 is 9.59 Å². The Morgan fingerprint density at radius 2 is 1.96 bits per heavy atom. The number of aromatic nitrogens is 2. The van der Waals surface area contributed by atoms with Crippen molar-refractivity contribution in [3.63, 3.8) is 0 Å². The van der Waals surface area contributed by atoms with Gasteiger partial charge in [-0.2, -0.15) is 5.10 Å². The summed E-state index contributed by atoms with van der Waals surface area (Å²) in [5.41, 5.74) is 0.521. The fraction of sp³-hybridized carbons (Fsp3) is 0.450. The molecule has 1 aliphatic heterocycles. The first-order chi connectivity index (χ1) is 13.0. The lowest BCUT2D eigenvalue weighted by Gasteiger charge is -2.42. The Bertz CT molecular complexity index is 857. The van der Waals surface area contributed by atoms with Gasteiger partial charge >= 0.3 is 0 Å². The summed E-state index contributed by atoms with van der Waals surface area (Å²) in [7, 11) is 1.83. The molecule has 27 heavy (non-hydrogen) atoms. The SMILES string of the molecule is Cn1ccc(N2CCCC(NC(=O)C3(c4ccc(Br)cc4)CCC3)C2=O)n1. The van der Waals surface area contributed by atoms with Gasteiger partial charge in [-0.3, -0.25) is 19.2 Å². The number of hydrogen-bond donors (Lipinski definition) is 1. The van der Waals surface area contributed by atoms with Crippen molar-refractivity contribution >= 4 is 33.6 Å². The van der Waals surface area contributed by atoms with E-state index in [-0.39, 0.29) is 11.8 Å². The van der Waals surface area contributed by atoms with Crippen molar-refractivity contribution in [3.8, 4) is 0 Å². The number of aryl methyl sites for hydroxylation is 1. The van der Waals surface area contributed by atoms with E-state index in [4.69, 9.17) is 0 Å². The second kappa shape index (κ2) is 7.11. The Morgan fingerprint density at radius 3 is 2.56 bits per heavy atom. The summed E-state index contributed by atoms with van der Waals surface area (Å²) in [6.07, 6.45) is 6.02. The summed E-state index contributed by atoms with van der Waals surface area (Å²) in [6.45, 7) is 0.639. The third kappa shape index (κ3) is 3.29. The van der Waals surface area contributed by atoms with Crippen molar-refractivity contribution in [2.45, 2.75) is 43.6 Å². The van der Waals surface area contributed by atoms with Gasteiger partial charge in [0.05, 0.1) is 5.41 Å². The second-order valence-electron chi connectivity index (χ2n) is 7.45. The number of nitrogens with one attached hydrogen (secondary N) is 1. The molecule has 0 radical (unpaired) electrons.